The Balaban J connectivity index is 0.000000390. The largest absolute Gasteiger partial charge is 0.508 e. The number of rotatable bonds is 3. The Morgan fingerprint density at radius 1 is 0.833 bits per heavy atom. The molecule has 0 heterocycles. The van der Waals surface area contributed by atoms with Crippen LogP contribution in [0.3, 0.4) is 0 Å². The first-order chi connectivity index (χ1) is 11.3. The Kier molecular flexibility index (Phi) is 9.18. The lowest BCUT2D eigenvalue weighted by atomic mass is 10.1. The summed E-state index contributed by atoms with van der Waals surface area (Å²) < 4.78 is 0. The number of carbonyl (C=O) groups excluding carboxylic acids is 4. The van der Waals surface area contributed by atoms with Crippen molar-refractivity contribution in [2.75, 3.05) is 0 Å². The monoisotopic (exact) mass is 332 g/mol. The lowest BCUT2D eigenvalue weighted by Crippen LogP contribution is -2.12. The van der Waals surface area contributed by atoms with E-state index in [1.165, 1.54) is 36.4 Å². The zero-order valence-corrected chi connectivity index (χ0v) is 12.1. The van der Waals surface area contributed by atoms with E-state index in [4.69, 9.17) is 24.9 Å². The van der Waals surface area contributed by atoms with Gasteiger partial charge in [0, 0.05) is 11.1 Å². The minimum Gasteiger partial charge on any atom is -0.508 e. The molecule has 0 amide bonds. The van der Waals surface area contributed by atoms with Crippen LogP contribution in [0.15, 0.2) is 48.5 Å². The molecule has 2 aromatic rings. The van der Waals surface area contributed by atoms with E-state index in [0.717, 1.165) is 6.29 Å². The summed E-state index contributed by atoms with van der Waals surface area (Å²) in [7, 11) is 0. The second-order valence-corrected chi connectivity index (χ2v) is 3.97. The van der Waals surface area contributed by atoms with Gasteiger partial charge < -0.3 is 15.3 Å². The zero-order chi connectivity index (χ0) is 18.5. The Labute approximate surface area is 135 Å². The third-order valence-electron chi connectivity index (χ3n) is 2.35. The topological polar surface area (TPSA) is 146 Å². The molecule has 2 rings (SSSR count). The number of phenols is 2. The number of carboxylic acid groups (broad SMARTS) is 1. The van der Waals surface area contributed by atoms with Crippen LogP contribution < -0.4 is 0 Å². The molecule has 2 aromatic carbocycles. The highest BCUT2D eigenvalue weighted by atomic mass is 16.4. The van der Waals surface area contributed by atoms with Gasteiger partial charge in [-0.3, -0.25) is 9.59 Å². The summed E-state index contributed by atoms with van der Waals surface area (Å²) in [5, 5.41) is 25.8. The molecule has 0 atom stereocenters. The van der Waals surface area contributed by atoms with Crippen LogP contribution in [0.2, 0.25) is 0 Å². The van der Waals surface area contributed by atoms with E-state index in [1.807, 2.05) is 0 Å². The minimum atomic E-state index is -1.50. The van der Waals surface area contributed by atoms with Crippen molar-refractivity contribution in [3.63, 3.8) is 0 Å². The van der Waals surface area contributed by atoms with E-state index in [9.17, 15) is 14.4 Å². The first-order valence-electron chi connectivity index (χ1n) is 6.15. The number of aldehydes is 1. The molecule has 24 heavy (non-hydrogen) atoms. The van der Waals surface area contributed by atoms with Crippen LogP contribution in [0.4, 0.5) is 0 Å². The number of hydrogen-bond donors (Lipinski definition) is 3. The van der Waals surface area contributed by atoms with Gasteiger partial charge >= 0.3 is 12.1 Å². The maximum atomic E-state index is 10.8. The number of ketones is 1. The molecule has 3 N–H and O–H groups in total. The Bertz CT molecular complexity index is 711. The second-order valence-electron chi connectivity index (χ2n) is 3.97. The Morgan fingerprint density at radius 2 is 1.21 bits per heavy atom. The SMILES string of the molecule is O=C(O)C(=O)c1ccc(O)cc1.O=C=O.O=Cc1ccc(O)cc1. The maximum absolute atomic E-state index is 10.8. The van der Waals surface area contributed by atoms with Crippen molar-refractivity contribution in [1.82, 2.24) is 0 Å². The molecule has 0 aliphatic carbocycles. The minimum absolute atomic E-state index is 0.00283. The molecule has 0 aromatic heterocycles. The van der Waals surface area contributed by atoms with Crippen molar-refractivity contribution in [2.45, 2.75) is 0 Å². The van der Waals surface area contributed by atoms with E-state index in [1.54, 1.807) is 12.1 Å². The molecule has 8 heteroatoms. The standard InChI is InChI=1S/C8H6O4.C7H6O2.CO2/c9-6-3-1-5(2-4-6)7(10)8(11)12;8-5-6-1-3-7(9)4-2-6;2-1-3/h1-4,9H,(H,11,12);1-5,9H;. The van der Waals surface area contributed by atoms with Gasteiger partial charge in [-0.15, -0.1) is 0 Å². The predicted octanol–water partition coefficient (Wildman–Crippen LogP) is 1.28. The highest BCUT2D eigenvalue weighted by Gasteiger charge is 2.13. The summed E-state index contributed by atoms with van der Waals surface area (Å²) >= 11 is 0. The summed E-state index contributed by atoms with van der Waals surface area (Å²) in [4.78, 5) is 47.2. The average Bonchev–Trinajstić information content (AvgIpc) is 2.57. The maximum Gasteiger partial charge on any atom is 0.377 e. The van der Waals surface area contributed by atoms with Crippen LogP contribution in [0.5, 0.6) is 11.5 Å². The summed E-state index contributed by atoms with van der Waals surface area (Å²) in [6, 6.07) is 11.1. The molecule has 0 saturated carbocycles. The lowest BCUT2D eigenvalue weighted by Gasteiger charge is -1.94. The summed E-state index contributed by atoms with van der Waals surface area (Å²) in [5.74, 6) is -2.30. The number of aromatic hydroxyl groups is 2. The smallest absolute Gasteiger partial charge is 0.377 e. The fourth-order valence-corrected chi connectivity index (χ4v) is 1.29. The van der Waals surface area contributed by atoms with Gasteiger partial charge in [0.15, 0.2) is 0 Å². The van der Waals surface area contributed by atoms with Crippen LogP contribution in [0.25, 0.3) is 0 Å². The number of benzene rings is 2. The van der Waals surface area contributed by atoms with Gasteiger partial charge in [-0.1, -0.05) is 0 Å². The fraction of sp³-hybridized carbons (Fsp3) is 0. The van der Waals surface area contributed by atoms with Gasteiger partial charge in [-0.05, 0) is 48.5 Å². The van der Waals surface area contributed by atoms with Crippen LogP contribution in [0, 0.1) is 0 Å². The number of hydrogen-bond acceptors (Lipinski definition) is 7. The predicted molar refractivity (Wildman–Crippen MR) is 78.6 cm³/mol. The number of phenolic OH excluding ortho intramolecular Hbond substituents is 2. The lowest BCUT2D eigenvalue weighted by molar-refractivity contribution is -0.191. The van der Waals surface area contributed by atoms with E-state index in [2.05, 4.69) is 0 Å². The molecular weight excluding hydrogens is 320 g/mol. The molecule has 0 saturated heterocycles. The molecule has 0 fully saturated rings. The van der Waals surface area contributed by atoms with Gasteiger partial charge in [0.05, 0.1) is 0 Å². The van der Waals surface area contributed by atoms with Crippen molar-refractivity contribution in [3.05, 3.63) is 59.7 Å². The van der Waals surface area contributed by atoms with Gasteiger partial charge in [-0.25, -0.2) is 4.79 Å². The Hall–Kier alpha value is -3.77. The van der Waals surface area contributed by atoms with E-state index >= 15 is 0 Å². The van der Waals surface area contributed by atoms with Crippen molar-refractivity contribution in [2.24, 2.45) is 0 Å². The van der Waals surface area contributed by atoms with Gasteiger partial charge in [0.1, 0.15) is 17.8 Å². The van der Waals surface area contributed by atoms with Gasteiger partial charge in [0.25, 0.3) is 5.78 Å². The van der Waals surface area contributed by atoms with Crippen LogP contribution >= 0.6 is 0 Å². The highest BCUT2D eigenvalue weighted by molar-refractivity contribution is 6.39. The summed E-state index contributed by atoms with van der Waals surface area (Å²) in [6.07, 6.45) is 0.986. The number of Topliss-reactive ketones (excluding diaryl/α,β-unsaturated/α-hetero) is 1. The summed E-state index contributed by atoms with van der Waals surface area (Å²) in [6.45, 7) is 0. The first kappa shape index (κ1) is 20.2. The van der Waals surface area contributed by atoms with Gasteiger partial charge in [-0.2, -0.15) is 9.59 Å². The van der Waals surface area contributed by atoms with Crippen LogP contribution in [-0.2, 0) is 14.4 Å². The molecule has 8 nitrogen and oxygen atoms in total. The van der Waals surface area contributed by atoms with E-state index in [-0.39, 0.29) is 23.2 Å². The molecule has 124 valence electrons. The third-order valence-corrected chi connectivity index (χ3v) is 2.35. The van der Waals surface area contributed by atoms with Crippen LogP contribution in [0.1, 0.15) is 20.7 Å². The third kappa shape index (κ3) is 7.87. The number of aliphatic carboxylic acids is 1. The molecular formula is C16H12O8. The fourth-order valence-electron chi connectivity index (χ4n) is 1.29. The van der Waals surface area contributed by atoms with Crippen molar-refractivity contribution in [1.29, 1.82) is 0 Å². The first-order valence-corrected chi connectivity index (χ1v) is 6.15. The Morgan fingerprint density at radius 3 is 1.54 bits per heavy atom. The quantitative estimate of drug-likeness (QED) is 0.433. The number of carbonyl (C=O) groups is 3. The molecule has 0 bridgehead atoms. The normalized spacial score (nSPS) is 8.33. The van der Waals surface area contributed by atoms with Gasteiger partial charge in [0.2, 0.25) is 0 Å². The van der Waals surface area contributed by atoms with Crippen molar-refractivity contribution >= 4 is 24.2 Å². The highest BCUT2D eigenvalue weighted by Crippen LogP contribution is 2.10. The molecule has 0 aliphatic heterocycles. The van der Waals surface area contributed by atoms with E-state index < -0.39 is 11.8 Å². The number of carboxylic acids is 1. The van der Waals surface area contributed by atoms with Crippen molar-refractivity contribution < 1.29 is 39.3 Å². The van der Waals surface area contributed by atoms with E-state index in [0.29, 0.717) is 5.56 Å². The summed E-state index contributed by atoms with van der Waals surface area (Å²) in [5.41, 5.74) is 0.633. The second kappa shape index (κ2) is 10.9. The molecule has 0 radical (unpaired) electrons. The molecule has 0 unspecified atom stereocenters. The molecule has 0 aliphatic rings. The zero-order valence-electron chi connectivity index (χ0n) is 12.1. The van der Waals surface area contributed by atoms with Crippen molar-refractivity contribution in [3.8, 4) is 11.5 Å². The molecule has 0 spiro atoms. The average molecular weight is 332 g/mol. The van der Waals surface area contributed by atoms with Crippen LogP contribution in [-0.4, -0.2) is 39.5 Å².